The second kappa shape index (κ2) is 5.23. The highest BCUT2D eigenvalue weighted by Crippen LogP contribution is 2.33. The molecule has 1 heterocycles. The first-order valence-corrected chi connectivity index (χ1v) is 6.12. The molecule has 0 radical (unpaired) electrons. The van der Waals surface area contributed by atoms with Crippen molar-refractivity contribution in [1.82, 2.24) is 5.32 Å². The van der Waals surface area contributed by atoms with E-state index in [1.807, 2.05) is 26.1 Å². The van der Waals surface area contributed by atoms with Gasteiger partial charge in [0.05, 0.1) is 13.2 Å². The average molecular weight is 233 g/mol. The summed E-state index contributed by atoms with van der Waals surface area (Å²) in [6.07, 6.45) is 0.972. The number of fused-ring (bicyclic) bond motifs is 1. The fraction of sp³-hybridized carbons (Fsp3) is 0.429. The van der Waals surface area contributed by atoms with Crippen LogP contribution in [0.3, 0.4) is 0 Å². The molecule has 0 spiro atoms. The molecule has 0 aliphatic heterocycles. The molecule has 0 bridgehead atoms. The molecular weight excluding hydrogens is 214 g/mol. The lowest BCUT2D eigenvalue weighted by Gasteiger charge is -2.02. The number of nitrogens with one attached hydrogen (secondary N) is 1. The third kappa shape index (κ3) is 2.15. The molecule has 1 aromatic carbocycles. The Morgan fingerprint density at radius 3 is 2.76 bits per heavy atom. The largest absolute Gasteiger partial charge is 0.490 e. The van der Waals surface area contributed by atoms with Gasteiger partial charge in [-0.05, 0) is 26.5 Å². The lowest BCUT2D eigenvalue weighted by molar-refractivity contribution is 0.337. The topological polar surface area (TPSA) is 34.4 Å². The summed E-state index contributed by atoms with van der Waals surface area (Å²) in [6.45, 7) is 5.54. The molecule has 0 fully saturated rings. The molecule has 0 saturated carbocycles. The highest BCUT2D eigenvalue weighted by Gasteiger charge is 2.15. The van der Waals surface area contributed by atoms with Gasteiger partial charge in [-0.15, -0.1) is 0 Å². The van der Waals surface area contributed by atoms with Crippen LogP contribution in [0.15, 0.2) is 22.6 Å². The molecule has 0 aliphatic carbocycles. The number of rotatable bonds is 5. The van der Waals surface area contributed by atoms with Crippen LogP contribution in [0.25, 0.3) is 11.0 Å². The SMILES string of the molecule is CCOc1cccc2c(CC)c(CNC)oc12. The van der Waals surface area contributed by atoms with E-state index < -0.39 is 0 Å². The first-order chi connectivity index (χ1) is 8.31. The lowest BCUT2D eigenvalue weighted by atomic mass is 10.1. The van der Waals surface area contributed by atoms with Crippen molar-refractivity contribution in [2.45, 2.75) is 26.8 Å². The van der Waals surface area contributed by atoms with Gasteiger partial charge in [0.2, 0.25) is 0 Å². The van der Waals surface area contributed by atoms with Crippen LogP contribution in [0.1, 0.15) is 25.2 Å². The van der Waals surface area contributed by atoms with E-state index in [-0.39, 0.29) is 0 Å². The van der Waals surface area contributed by atoms with Crippen LogP contribution in [-0.4, -0.2) is 13.7 Å². The summed E-state index contributed by atoms with van der Waals surface area (Å²) in [7, 11) is 1.93. The van der Waals surface area contributed by atoms with Crippen LogP contribution in [0.5, 0.6) is 5.75 Å². The summed E-state index contributed by atoms with van der Waals surface area (Å²) in [5.41, 5.74) is 2.15. The molecule has 92 valence electrons. The van der Waals surface area contributed by atoms with Crippen LogP contribution in [0.4, 0.5) is 0 Å². The second-order valence-electron chi connectivity index (χ2n) is 3.95. The van der Waals surface area contributed by atoms with Crippen molar-refractivity contribution in [3.05, 3.63) is 29.5 Å². The number of para-hydroxylation sites is 1. The van der Waals surface area contributed by atoms with Crippen molar-refractivity contribution in [3.63, 3.8) is 0 Å². The fourth-order valence-corrected chi connectivity index (χ4v) is 2.15. The first-order valence-electron chi connectivity index (χ1n) is 6.12. The van der Waals surface area contributed by atoms with Crippen LogP contribution in [-0.2, 0) is 13.0 Å². The van der Waals surface area contributed by atoms with Gasteiger partial charge in [0, 0.05) is 10.9 Å². The van der Waals surface area contributed by atoms with Crippen molar-refractivity contribution in [2.24, 2.45) is 0 Å². The van der Waals surface area contributed by atoms with Gasteiger partial charge >= 0.3 is 0 Å². The van der Waals surface area contributed by atoms with Crippen LogP contribution in [0, 0.1) is 0 Å². The molecule has 3 heteroatoms. The monoisotopic (exact) mass is 233 g/mol. The maximum atomic E-state index is 5.93. The van der Waals surface area contributed by atoms with E-state index in [2.05, 4.69) is 18.3 Å². The third-order valence-electron chi connectivity index (χ3n) is 2.86. The Hall–Kier alpha value is -1.48. The maximum Gasteiger partial charge on any atom is 0.176 e. The number of hydrogen-bond acceptors (Lipinski definition) is 3. The highest BCUT2D eigenvalue weighted by atomic mass is 16.5. The van der Waals surface area contributed by atoms with Gasteiger partial charge in [-0.2, -0.15) is 0 Å². The predicted octanol–water partition coefficient (Wildman–Crippen LogP) is 3.11. The van der Waals surface area contributed by atoms with Crippen LogP contribution in [0.2, 0.25) is 0 Å². The highest BCUT2D eigenvalue weighted by molar-refractivity contribution is 5.87. The van der Waals surface area contributed by atoms with Crippen molar-refractivity contribution < 1.29 is 9.15 Å². The van der Waals surface area contributed by atoms with Gasteiger partial charge in [-0.3, -0.25) is 0 Å². The molecule has 2 aromatic rings. The molecule has 1 N–H and O–H groups in total. The van der Waals surface area contributed by atoms with Gasteiger partial charge < -0.3 is 14.5 Å². The van der Waals surface area contributed by atoms with Crippen molar-refractivity contribution in [3.8, 4) is 5.75 Å². The Morgan fingerprint density at radius 2 is 2.12 bits per heavy atom. The van der Waals surface area contributed by atoms with E-state index in [9.17, 15) is 0 Å². The van der Waals surface area contributed by atoms with E-state index in [4.69, 9.17) is 9.15 Å². The van der Waals surface area contributed by atoms with Gasteiger partial charge in [-0.25, -0.2) is 0 Å². The van der Waals surface area contributed by atoms with Crippen molar-refractivity contribution in [1.29, 1.82) is 0 Å². The second-order valence-corrected chi connectivity index (χ2v) is 3.95. The zero-order chi connectivity index (χ0) is 12.3. The molecule has 0 saturated heterocycles. The maximum absolute atomic E-state index is 5.93. The first kappa shape index (κ1) is 12.0. The minimum Gasteiger partial charge on any atom is -0.490 e. The molecule has 17 heavy (non-hydrogen) atoms. The number of hydrogen-bond donors (Lipinski definition) is 1. The summed E-state index contributed by atoms with van der Waals surface area (Å²) in [6, 6.07) is 6.07. The van der Waals surface area contributed by atoms with Gasteiger partial charge in [-0.1, -0.05) is 19.1 Å². The number of furan rings is 1. The standard InChI is InChI=1S/C14H19NO2/c1-4-10-11-7-6-8-12(16-5-2)14(11)17-13(10)9-15-3/h6-8,15H,4-5,9H2,1-3H3. The quantitative estimate of drug-likeness (QED) is 0.861. The Labute approximate surface area is 102 Å². The minimum absolute atomic E-state index is 0.655. The molecule has 3 nitrogen and oxygen atoms in total. The Bertz CT molecular complexity index is 502. The Balaban J connectivity index is 2.58. The zero-order valence-corrected chi connectivity index (χ0v) is 10.7. The smallest absolute Gasteiger partial charge is 0.176 e. The normalized spacial score (nSPS) is 11.0. The van der Waals surface area contributed by atoms with E-state index in [1.165, 1.54) is 10.9 Å². The van der Waals surface area contributed by atoms with E-state index >= 15 is 0 Å². The Morgan fingerprint density at radius 1 is 1.29 bits per heavy atom. The third-order valence-corrected chi connectivity index (χ3v) is 2.86. The van der Waals surface area contributed by atoms with Gasteiger partial charge in [0.1, 0.15) is 5.76 Å². The summed E-state index contributed by atoms with van der Waals surface area (Å²) in [5.74, 6) is 1.85. The lowest BCUT2D eigenvalue weighted by Crippen LogP contribution is -2.05. The summed E-state index contributed by atoms with van der Waals surface area (Å²) >= 11 is 0. The number of aryl methyl sites for hydroxylation is 1. The number of benzene rings is 1. The molecule has 2 rings (SSSR count). The fourth-order valence-electron chi connectivity index (χ4n) is 2.15. The van der Waals surface area contributed by atoms with E-state index in [0.29, 0.717) is 6.61 Å². The van der Waals surface area contributed by atoms with Crippen LogP contribution >= 0.6 is 0 Å². The van der Waals surface area contributed by atoms with Gasteiger partial charge in [0.25, 0.3) is 0 Å². The molecule has 0 amide bonds. The minimum atomic E-state index is 0.655. The Kier molecular flexibility index (Phi) is 3.69. The molecule has 1 aromatic heterocycles. The number of ether oxygens (including phenoxy) is 1. The molecular formula is C14H19NO2. The van der Waals surface area contributed by atoms with Crippen LogP contribution < -0.4 is 10.1 Å². The van der Waals surface area contributed by atoms with Crippen molar-refractivity contribution >= 4 is 11.0 Å². The summed E-state index contributed by atoms with van der Waals surface area (Å²) < 4.78 is 11.5. The molecule has 0 unspecified atom stereocenters. The van der Waals surface area contributed by atoms with E-state index in [0.717, 1.165) is 30.1 Å². The van der Waals surface area contributed by atoms with E-state index in [1.54, 1.807) is 0 Å². The average Bonchev–Trinajstić information content (AvgIpc) is 2.68. The summed E-state index contributed by atoms with van der Waals surface area (Å²) in [4.78, 5) is 0. The predicted molar refractivity (Wildman–Crippen MR) is 69.5 cm³/mol. The van der Waals surface area contributed by atoms with Gasteiger partial charge in [0.15, 0.2) is 11.3 Å². The van der Waals surface area contributed by atoms with Crippen molar-refractivity contribution in [2.75, 3.05) is 13.7 Å². The summed E-state index contributed by atoms with van der Waals surface area (Å²) in [5, 5.41) is 4.31. The zero-order valence-electron chi connectivity index (χ0n) is 10.7. The molecule has 0 atom stereocenters. The molecule has 0 aliphatic rings.